The van der Waals surface area contributed by atoms with Gasteiger partial charge in [-0.1, -0.05) is 20.8 Å². The van der Waals surface area contributed by atoms with Crippen molar-refractivity contribution in [3.8, 4) is 0 Å². The highest BCUT2D eigenvalue weighted by Crippen LogP contribution is 2.21. The van der Waals surface area contributed by atoms with Crippen LogP contribution in [0.25, 0.3) is 0 Å². The maximum Gasteiger partial charge on any atom is 0.255 e. The van der Waals surface area contributed by atoms with Crippen LogP contribution in [0.1, 0.15) is 50.4 Å². The fourth-order valence-corrected chi connectivity index (χ4v) is 2.68. The third kappa shape index (κ3) is 2.66. The topological polar surface area (TPSA) is 34.0 Å². The second kappa shape index (κ2) is 5.70. The lowest BCUT2D eigenvalue weighted by molar-refractivity contribution is 0.569. The molecule has 1 N–H and O–H groups in total. The Morgan fingerprint density at radius 2 is 2.17 bits per heavy atom. The summed E-state index contributed by atoms with van der Waals surface area (Å²) in [6.07, 6.45) is 4.42. The van der Waals surface area contributed by atoms with E-state index in [0.717, 1.165) is 31.4 Å². The molecule has 0 aliphatic heterocycles. The van der Waals surface area contributed by atoms with E-state index in [1.165, 1.54) is 17.7 Å². The van der Waals surface area contributed by atoms with Gasteiger partial charge >= 0.3 is 0 Å². The number of pyridine rings is 1. The minimum atomic E-state index is 0.214. The molecule has 0 amide bonds. The van der Waals surface area contributed by atoms with Crippen molar-refractivity contribution in [3.63, 3.8) is 0 Å². The van der Waals surface area contributed by atoms with Crippen molar-refractivity contribution in [2.45, 2.75) is 65.6 Å². The number of hydrogen-bond donors (Lipinski definition) is 1. The Labute approximate surface area is 109 Å². The standard InChI is InChI=1S/C15H24N2O/c1-4-8-17-14-7-5-6-12(14)9-13(15(17)18)10-16-11(2)3/h9,11,16H,4-8,10H2,1-3H3. The van der Waals surface area contributed by atoms with Gasteiger partial charge < -0.3 is 9.88 Å². The van der Waals surface area contributed by atoms with Gasteiger partial charge in [-0.3, -0.25) is 4.79 Å². The van der Waals surface area contributed by atoms with Crippen molar-refractivity contribution in [1.29, 1.82) is 0 Å². The minimum Gasteiger partial charge on any atom is -0.312 e. The Morgan fingerprint density at radius 3 is 2.83 bits per heavy atom. The van der Waals surface area contributed by atoms with Gasteiger partial charge in [0.25, 0.3) is 5.56 Å². The van der Waals surface area contributed by atoms with Gasteiger partial charge in [0, 0.05) is 30.4 Å². The molecule has 0 spiro atoms. The highest BCUT2D eigenvalue weighted by molar-refractivity contribution is 5.30. The quantitative estimate of drug-likeness (QED) is 0.867. The number of rotatable bonds is 5. The molecular formula is C15H24N2O. The van der Waals surface area contributed by atoms with Gasteiger partial charge in [0.1, 0.15) is 0 Å². The lowest BCUT2D eigenvalue weighted by atomic mass is 10.1. The summed E-state index contributed by atoms with van der Waals surface area (Å²) in [7, 11) is 0. The summed E-state index contributed by atoms with van der Waals surface area (Å²) in [5.74, 6) is 0. The molecule has 1 aromatic rings. The lowest BCUT2D eigenvalue weighted by Crippen LogP contribution is -2.31. The molecule has 1 aliphatic carbocycles. The predicted molar refractivity (Wildman–Crippen MR) is 75.0 cm³/mol. The Hall–Kier alpha value is -1.09. The zero-order valence-corrected chi connectivity index (χ0v) is 11.8. The molecule has 18 heavy (non-hydrogen) atoms. The smallest absolute Gasteiger partial charge is 0.255 e. The van der Waals surface area contributed by atoms with Gasteiger partial charge in [0.2, 0.25) is 0 Å². The van der Waals surface area contributed by atoms with E-state index in [9.17, 15) is 4.79 Å². The zero-order chi connectivity index (χ0) is 13.1. The summed E-state index contributed by atoms with van der Waals surface area (Å²) in [5, 5.41) is 3.35. The van der Waals surface area contributed by atoms with Crippen LogP contribution in [-0.2, 0) is 25.9 Å². The van der Waals surface area contributed by atoms with E-state index in [2.05, 4.69) is 32.2 Å². The number of nitrogens with zero attached hydrogens (tertiary/aromatic N) is 1. The van der Waals surface area contributed by atoms with Crippen LogP contribution in [0, 0.1) is 0 Å². The molecule has 100 valence electrons. The van der Waals surface area contributed by atoms with Gasteiger partial charge in [-0.2, -0.15) is 0 Å². The van der Waals surface area contributed by atoms with E-state index in [1.54, 1.807) is 0 Å². The minimum absolute atomic E-state index is 0.214. The molecule has 2 rings (SSSR count). The van der Waals surface area contributed by atoms with Gasteiger partial charge in [0.05, 0.1) is 0 Å². The maximum atomic E-state index is 12.5. The Balaban J connectivity index is 2.36. The molecule has 0 atom stereocenters. The summed E-state index contributed by atoms with van der Waals surface area (Å²) < 4.78 is 2.01. The summed E-state index contributed by atoms with van der Waals surface area (Å²) in [6.45, 7) is 7.90. The van der Waals surface area contributed by atoms with Crippen LogP contribution in [0.3, 0.4) is 0 Å². The molecule has 1 heterocycles. The number of fused-ring (bicyclic) bond motifs is 1. The van der Waals surface area contributed by atoms with Gasteiger partial charge in [-0.25, -0.2) is 0 Å². The largest absolute Gasteiger partial charge is 0.312 e. The highest BCUT2D eigenvalue weighted by atomic mass is 16.1. The first-order valence-electron chi connectivity index (χ1n) is 7.11. The van der Waals surface area contributed by atoms with Gasteiger partial charge in [-0.15, -0.1) is 0 Å². The summed E-state index contributed by atoms with van der Waals surface area (Å²) >= 11 is 0. The normalized spacial score (nSPS) is 14.2. The van der Waals surface area contributed by atoms with Crippen molar-refractivity contribution in [3.05, 3.63) is 33.2 Å². The number of aryl methyl sites for hydroxylation is 1. The Morgan fingerprint density at radius 1 is 1.39 bits per heavy atom. The second-order valence-electron chi connectivity index (χ2n) is 5.49. The fourth-order valence-electron chi connectivity index (χ4n) is 2.68. The van der Waals surface area contributed by atoms with Crippen LogP contribution in [0.5, 0.6) is 0 Å². The maximum absolute atomic E-state index is 12.5. The molecule has 1 aliphatic rings. The van der Waals surface area contributed by atoms with E-state index in [0.29, 0.717) is 12.6 Å². The molecule has 0 fully saturated rings. The SMILES string of the molecule is CCCn1c2c(cc(CNC(C)C)c1=O)CCC2. The summed E-state index contributed by atoms with van der Waals surface area (Å²) in [4.78, 5) is 12.5. The first-order valence-corrected chi connectivity index (χ1v) is 7.11. The number of nitrogens with one attached hydrogen (secondary N) is 1. The van der Waals surface area contributed by atoms with Crippen LogP contribution < -0.4 is 10.9 Å². The van der Waals surface area contributed by atoms with E-state index in [4.69, 9.17) is 0 Å². The average Bonchev–Trinajstić information content (AvgIpc) is 2.78. The monoisotopic (exact) mass is 248 g/mol. The predicted octanol–water partition coefficient (Wildman–Crippen LogP) is 2.25. The Kier molecular flexibility index (Phi) is 4.23. The average molecular weight is 248 g/mol. The third-order valence-corrected chi connectivity index (χ3v) is 3.57. The van der Waals surface area contributed by atoms with Crippen LogP contribution in [-0.4, -0.2) is 10.6 Å². The molecule has 0 unspecified atom stereocenters. The molecule has 3 heteroatoms. The molecule has 0 bridgehead atoms. The molecule has 3 nitrogen and oxygen atoms in total. The van der Waals surface area contributed by atoms with E-state index in [-0.39, 0.29) is 5.56 Å². The van der Waals surface area contributed by atoms with Gasteiger partial charge in [0.15, 0.2) is 0 Å². The molecule has 0 saturated heterocycles. The molecule has 0 saturated carbocycles. The molecular weight excluding hydrogens is 224 g/mol. The molecule has 0 radical (unpaired) electrons. The van der Waals surface area contributed by atoms with Crippen molar-refractivity contribution < 1.29 is 0 Å². The highest BCUT2D eigenvalue weighted by Gasteiger charge is 2.18. The summed E-state index contributed by atoms with van der Waals surface area (Å²) in [6, 6.07) is 2.55. The van der Waals surface area contributed by atoms with E-state index in [1.807, 2.05) is 4.57 Å². The fraction of sp³-hybridized carbons (Fsp3) is 0.667. The van der Waals surface area contributed by atoms with Crippen LogP contribution in [0.4, 0.5) is 0 Å². The first-order chi connectivity index (χ1) is 8.63. The molecule has 0 aromatic carbocycles. The lowest BCUT2D eigenvalue weighted by Gasteiger charge is -2.15. The van der Waals surface area contributed by atoms with Crippen LogP contribution in [0.2, 0.25) is 0 Å². The number of hydrogen-bond acceptors (Lipinski definition) is 2. The van der Waals surface area contributed by atoms with Crippen LogP contribution in [0.15, 0.2) is 10.9 Å². The number of aromatic nitrogens is 1. The zero-order valence-electron chi connectivity index (χ0n) is 11.8. The summed E-state index contributed by atoms with van der Waals surface area (Å²) in [5.41, 5.74) is 3.82. The van der Waals surface area contributed by atoms with Crippen molar-refractivity contribution in [2.75, 3.05) is 0 Å². The first kappa shape index (κ1) is 13.3. The van der Waals surface area contributed by atoms with E-state index >= 15 is 0 Å². The van der Waals surface area contributed by atoms with Crippen LogP contribution >= 0.6 is 0 Å². The van der Waals surface area contributed by atoms with E-state index < -0.39 is 0 Å². The van der Waals surface area contributed by atoms with Crippen molar-refractivity contribution >= 4 is 0 Å². The second-order valence-corrected chi connectivity index (χ2v) is 5.49. The Bertz CT molecular complexity index is 474. The molecule has 1 aromatic heterocycles. The third-order valence-electron chi connectivity index (χ3n) is 3.57. The van der Waals surface area contributed by atoms with Gasteiger partial charge in [-0.05, 0) is 37.3 Å². The van der Waals surface area contributed by atoms with Crippen molar-refractivity contribution in [2.24, 2.45) is 0 Å². The van der Waals surface area contributed by atoms with Crippen molar-refractivity contribution in [1.82, 2.24) is 9.88 Å².